The molecule has 0 radical (unpaired) electrons. The Morgan fingerprint density at radius 1 is 1.04 bits per heavy atom. The summed E-state index contributed by atoms with van der Waals surface area (Å²) in [7, 11) is 0. The number of nitrogens with two attached hydrogens (primary N) is 1. The van der Waals surface area contributed by atoms with Gasteiger partial charge in [0.25, 0.3) is 5.78 Å². The van der Waals surface area contributed by atoms with Crippen molar-refractivity contribution >= 4 is 11.7 Å². The van der Waals surface area contributed by atoms with Gasteiger partial charge in [-0.2, -0.15) is 13.2 Å². The number of rotatable bonds is 3. The van der Waals surface area contributed by atoms with Gasteiger partial charge in [0.1, 0.15) is 0 Å². The molecule has 6 heteroatoms. The number of carbonyl (C=O) groups is 2. The summed E-state index contributed by atoms with van der Waals surface area (Å²) in [6.45, 7) is 0. The molecule has 0 bridgehead atoms. The molecule has 1 aliphatic carbocycles. The number of halogens is 3. The molecule has 1 aliphatic rings. The van der Waals surface area contributed by atoms with Gasteiger partial charge >= 0.3 is 6.18 Å². The molecular formula is C19H16F3NO2. The Hall–Kier alpha value is -2.63. The molecule has 1 amide bonds. The highest BCUT2D eigenvalue weighted by Crippen LogP contribution is 2.35. The first-order chi connectivity index (χ1) is 11.8. The minimum Gasteiger partial charge on any atom is -0.366 e. The minimum absolute atomic E-state index is 0.154. The van der Waals surface area contributed by atoms with E-state index in [-0.39, 0.29) is 11.5 Å². The van der Waals surface area contributed by atoms with Gasteiger partial charge in [0.2, 0.25) is 5.91 Å². The standard InChI is InChI=1S/C19H16F3NO2/c20-19(21,22)17(24)14-7-8-15(18(23)25)16(10-14)13-6-5-11-3-1-2-4-12(11)9-13/h1-4,7-8,10,13H,5-6,9H2,(H2,23,25). The zero-order valence-electron chi connectivity index (χ0n) is 13.3. The number of fused-ring (bicyclic) bond motifs is 1. The molecule has 2 aromatic rings. The summed E-state index contributed by atoms with van der Waals surface area (Å²) in [6.07, 6.45) is -2.91. The van der Waals surface area contributed by atoms with E-state index in [0.29, 0.717) is 18.4 Å². The van der Waals surface area contributed by atoms with Crippen LogP contribution in [0.3, 0.4) is 0 Å². The average molecular weight is 347 g/mol. The first-order valence-electron chi connectivity index (χ1n) is 7.89. The highest BCUT2D eigenvalue weighted by molar-refractivity contribution is 6.02. The van der Waals surface area contributed by atoms with Gasteiger partial charge in [-0.3, -0.25) is 9.59 Å². The second kappa shape index (κ2) is 6.35. The van der Waals surface area contributed by atoms with Crippen LogP contribution in [0.25, 0.3) is 0 Å². The van der Waals surface area contributed by atoms with E-state index in [0.717, 1.165) is 18.1 Å². The van der Waals surface area contributed by atoms with E-state index in [1.807, 2.05) is 24.3 Å². The van der Waals surface area contributed by atoms with Crippen molar-refractivity contribution in [2.75, 3.05) is 0 Å². The average Bonchev–Trinajstić information content (AvgIpc) is 2.59. The topological polar surface area (TPSA) is 60.2 Å². The third-order valence-electron chi connectivity index (χ3n) is 4.62. The molecule has 0 saturated carbocycles. The SMILES string of the molecule is NC(=O)c1ccc(C(=O)C(F)(F)F)cc1C1CCc2ccccc2C1. The van der Waals surface area contributed by atoms with Crippen molar-refractivity contribution in [3.63, 3.8) is 0 Å². The Labute approximate surface area is 142 Å². The van der Waals surface area contributed by atoms with Gasteiger partial charge < -0.3 is 5.73 Å². The number of primary amides is 1. The van der Waals surface area contributed by atoms with E-state index in [1.165, 1.54) is 17.7 Å². The summed E-state index contributed by atoms with van der Waals surface area (Å²) >= 11 is 0. The number of aryl methyl sites for hydroxylation is 1. The van der Waals surface area contributed by atoms with E-state index in [2.05, 4.69) is 0 Å². The van der Waals surface area contributed by atoms with Crippen LogP contribution in [-0.4, -0.2) is 17.9 Å². The van der Waals surface area contributed by atoms with Gasteiger partial charge in [-0.1, -0.05) is 30.3 Å². The lowest BCUT2D eigenvalue weighted by molar-refractivity contribution is -0.0885. The Bertz CT molecular complexity index is 843. The number of carbonyl (C=O) groups excluding carboxylic acids is 2. The monoisotopic (exact) mass is 347 g/mol. The van der Waals surface area contributed by atoms with Crippen LogP contribution in [0.15, 0.2) is 42.5 Å². The largest absolute Gasteiger partial charge is 0.454 e. The molecule has 2 aromatic carbocycles. The Morgan fingerprint density at radius 3 is 2.36 bits per heavy atom. The number of benzene rings is 2. The summed E-state index contributed by atoms with van der Waals surface area (Å²) in [5, 5.41) is 0. The normalized spacial score (nSPS) is 17.0. The van der Waals surface area contributed by atoms with E-state index in [4.69, 9.17) is 5.73 Å². The lowest BCUT2D eigenvalue weighted by Gasteiger charge is -2.26. The smallest absolute Gasteiger partial charge is 0.366 e. The van der Waals surface area contributed by atoms with Gasteiger partial charge in [-0.15, -0.1) is 0 Å². The van der Waals surface area contributed by atoms with Crippen LogP contribution >= 0.6 is 0 Å². The van der Waals surface area contributed by atoms with Crippen LogP contribution in [0.4, 0.5) is 13.2 Å². The van der Waals surface area contributed by atoms with Gasteiger partial charge in [0.15, 0.2) is 0 Å². The molecule has 2 N–H and O–H groups in total. The third kappa shape index (κ3) is 3.43. The fourth-order valence-electron chi connectivity index (χ4n) is 3.39. The highest BCUT2D eigenvalue weighted by Gasteiger charge is 2.39. The van der Waals surface area contributed by atoms with Crippen LogP contribution in [-0.2, 0) is 12.8 Å². The molecule has 130 valence electrons. The van der Waals surface area contributed by atoms with Crippen molar-refractivity contribution in [1.82, 2.24) is 0 Å². The zero-order valence-corrected chi connectivity index (χ0v) is 13.3. The van der Waals surface area contributed by atoms with Gasteiger partial charge in [-0.05, 0) is 54.0 Å². The molecule has 0 fully saturated rings. The van der Waals surface area contributed by atoms with Crippen molar-refractivity contribution < 1.29 is 22.8 Å². The summed E-state index contributed by atoms with van der Waals surface area (Å²) < 4.78 is 38.2. The lowest BCUT2D eigenvalue weighted by atomic mass is 9.78. The predicted molar refractivity (Wildman–Crippen MR) is 86.6 cm³/mol. The number of hydrogen-bond acceptors (Lipinski definition) is 2. The van der Waals surface area contributed by atoms with Crippen LogP contribution < -0.4 is 5.73 Å². The van der Waals surface area contributed by atoms with Crippen molar-refractivity contribution in [2.45, 2.75) is 31.4 Å². The van der Waals surface area contributed by atoms with E-state index < -0.39 is 23.4 Å². The first kappa shape index (κ1) is 17.2. The summed E-state index contributed by atoms with van der Waals surface area (Å²) in [5.74, 6) is -2.78. The quantitative estimate of drug-likeness (QED) is 0.859. The van der Waals surface area contributed by atoms with Crippen LogP contribution in [0.2, 0.25) is 0 Å². The van der Waals surface area contributed by atoms with Crippen LogP contribution in [0.1, 0.15) is 49.7 Å². The molecule has 1 unspecified atom stereocenters. The number of ketones is 1. The van der Waals surface area contributed by atoms with Crippen molar-refractivity contribution in [3.05, 3.63) is 70.3 Å². The summed E-state index contributed by atoms with van der Waals surface area (Å²) in [6, 6.07) is 11.2. The maximum Gasteiger partial charge on any atom is 0.454 e. The second-order valence-electron chi connectivity index (χ2n) is 6.20. The lowest BCUT2D eigenvalue weighted by Crippen LogP contribution is -2.24. The number of Topliss-reactive ketones (excluding diaryl/α,β-unsaturated/α-hetero) is 1. The van der Waals surface area contributed by atoms with Gasteiger partial charge in [0, 0.05) is 11.1 Å². The van der Waals surface area contributed by atoms with Crippen molar-refractivity contribution in [1.29, 1.82) is 0 Å². The molecule has 0 heterocycles. The Kier molecular flexibility index (Phi) is 4.37. The Morgan fingerprint density at radius 2 is 1.72 bits per heavy atom. The molecule has 1 atom stereocenters. The van der Waals surface area contributed by atoms with Gasteiger partial charge in [0.05, 0.1) is 0 Å². The molecule has 3 nitrogen and oxygen atoms in total. The molecule has 0 aliphatic heterocycles. The molecular weight excluding hydrogens is 331 g/mol. The molecule has 0 spiro atoms. The van der Waals surface area contributed by atoms with E-state index >= 15 is 0 Å². The van der Waals surface area contributed by atoms with Crippen LogP contribution in [0, 0.1) is 0 Å². The molecule has 3 rings (SSSR count). The van der Waals surface area contributed by atoms with Gasteiger partial charge in [-0.25, -0.2) is 0 Å². The minimum atomic E-state index is -4.95. The summed E-state index contributed by atoms with van der Waals surface area (Å²) in [4.78, 5) is 23.2. The fourth-order valence-corrected chi connectivity index (χ4v) is 3.39. The third-order valence-corrected chi connectivity index (χ3v) is 4.62. The maximum absolute atomic E-state index is 12.7. The van der Waals surface area contributed by atoms with E-state index in [1.54, 1.807) is 0 Å². The number of amides is 1. The Balaban J connectivity index is 2.02. The molecule has 0 aromatic heterocycles. The van der Waals surface area contributed by atoms with Crippen molar-refractivity contribution in [3.8, 4) is 0 Å². The fraction of sp³-hybridized carbons (Fsp3) is 0.263. The summed E-state index contributed by atoms with van der Waals surface area (Å²) in [5.41, 5.74) is 7.79. The highest BCUT2D eigenvalue weighted by atomic mass is 19.4. The van der Waals surface area contributed by atoms with E-state index in [9.17, 15) is 22.8 Å². The second-order valence-corrected chi connectivity index (χ2v) is 6.20. The number of alkyl halides is 3. The van der Waals surface area contributed by atoms with Crippen LogP contribution in [0.5, 0.6) is 0 Å². The maximum atomic E-state index is 12.7. The van der Waals surface area contributed by atoms with Crippen molar-refractivity contribution in [2.24, 2.45) is 5.73 Å². The first-order valence-corrected chi connectivity index (χ1v) is 7.89. The molecule has 0 saturated heterocycles. The molecule has 25 heavy (non-hydrogen) atoms. The zero-order chi connectivity index (χ0) is 18.2. The predicted octanol–water partition coefficient (Wildman–Crippen LogP) is 3.80. The number of hydrogen-bond donors (Lipinski definition) is 1.